The quantitative estimate of drug-likeness (QED) is 0.668. The van der Waals surface area contributed by atoms with Crippen molar-refractivity contribution >= 4 is 27.5 Å². The van der Waals surface area contributed by atoms with E-state index < -0.39 is 4.92 Å². The van der Waals surface area contributed by atoms with Gasteiger partial charge in [-0.3, -0.25) is 15.1 Å². The van der Waals surface area contributed by atoms with Crippen LogP contribution in [0.25, 0.3) is 0 Å². The average molecular weight is 284 g/mol. The Labute approximate surface area is 101 Å². The number of benzene rings is 1. The molecule has 1 aromatic rings. The second-order valence-electron chi connectivity index (χ2n) is 3.63. The zero-order valence-corrected chi connectivity index (χ0v) is 10.2. The Morgan fingerprint density at radius 1 is 1.62 bits per heavy atom. The molecular formula is C10H10BrN3O2. The van der Waals surface area contributed by atoms with Crippen LogP contribution in [0.15, 0.2) is 27.7 Å². The molecule has 2 rings (SSSR count). The molecule has 0 bridgehead atoms. The molecule has 0 fully saturated rings. The van der Waals surface area contributed by atoms with Crippen molar-refractivity contribution in [2.75, 3.05) is 6.54 Å². The summed E-state index contributed by atoms with van der Waals surface area (Å²) in [5, 5.41) is 14.0. The molecule has 0 amide bonds. The fourth-order valence-electron chi connectivity index (χ4n) is 1.60. The Kier molecular flexibility index (Phi) is 2.91. The van der Waals surface area contributed by atoms with Crippen LogP contribution in [-0.4, -0.2) is 23.3 Å². The highest BCUT2D eigenvalue weighted by Gasteiger charge is 2.24. The highest BCUT2D eigenvalue weighted by atomic mass is 79.9. The first-order valence-corrected chi connectivity index (χ1v) is 5.63. The second kappa shape index (κ2) is 4.21. The third kappa shape index (κ3) is 1.92. The minimum Gasteiger partial charge on any atom is -0.365 e. The monoisotopic (exact) mass is 283 g/mol. The van der Waals surface area contributed by atoms with Crippen LogP contribution in [0.4, 0.5) is 5.69 Å². The predicted molar refractivity (Wildman–Crippen MR) is 64.8 cm³/mol. The Balaban J connectivity index is 2.51. The number of hydrogen-bond donors (Lipinski definition) is 1. The molecule has 84 valence electrons. The van der Waals surface area contributed by atoms with Crippen molar-refractivity contribution in [2.24, 2.45) is 4.99 Å². The van der Waals surface area contributed by atoms with Gasteiger partial charge in [-0.25, -0.2) is 0 Å². The van der Waals surface area contributed by atoms with E-state index in [2.05, 4.69) is 26.2 Å². The van der Waals surface area contributed by atoms with E-state index in [1.807, 2.05) is 6.92 Å². The summed E-state index contributed by atoms with van der Waals surface area (Å²) in [7, 11) is 0. The van der Waals surface area contributed by atoms with E-state index >= 15 is 0 Å². The van der Waals surface area contributed by atoms with Gasteiger partial charge in [0.2, 0.25) is 0 Å². The maximum absolute atomic E-state index is 10.9. The van der Waals surface area contributed by atoms with Crippen molar-refractivity contribution in [1.29, 1.82) is 0 Å². The van der Waals surface area contributed by atoms with Gasteiger partial charge in [-0.2, -0.15) is 0 Å². The number of nitrogens with one attached hydrogen (secondary N) is 1. The average Bonchev–Trinajstić information content (AvgIpc) is 2.64. The van der Waals surface area contributed by atoms with Gasteiger partial charge in [0.05, 0.1) is 11.5 Å². The zero-order chi connectivity index (χ0) is 11.7. The normalized spacial score (nSPS) is 19.1. The number of hydrogen-bond acceptors (Lipinski definition) is 4. The first-order chi connectivity index (χ1) is 7.59. The van der Waals surface area contributed by atoms with Gasteiger partial charge in [-0.15, -0.1) is 0 Å². The minimum atomic E-state index is -0.396. The minimum absolute atomic E-state index is 0.0646. The standard InChI is InChI=1S/C10H10BrN3O2/c1-6-5-12-10(13-6)9-7(11)3-2-4-8(9)14(15)16/h2-4,6H,5H2,1H3,(H,12,13). The molecule has 0 radical (unpaired) electrons. The van der Waals surface area contributed by atoms with Crippen LogP contribution in [0.2, 0.25) is 0 Å². The molecule has 1 aliphatic heterocycles. The number of nitro groups is 1. The molecule has 0 aromatic heterocycles. The third-order valence-corrected chi connectivity index (χ3v) is 2.99. The molecule has 5 nitrogen and oxygen atoms in total. The van der Waals surface area contributed by atoms with Gasteiger partial charge >= 0.3 is 0 Å². The summed E-state index contributed by atoms with van der Waals surface area (Å²) in [6.45, 7) is 2.63. The summed E-state index contributed by atoms with van der Waals surface area (Å²) in [6.07, 6.45) is 0. The molecule has 1 N–H and O–H groups in total. The molecule has 0 aliphatic carbocycles. The molecule has 1 heterocycles. The SMILES string of the molecule is CC1CN=C(c2c(Br)cccc2[N+](=O)[O-])N1. The topological polar surface area (TPSA) is 67.5 Å². The number of amidine groups is 1. The van der Waals surface area contributed by atoms with Crippen molar-refractivity contribution < 1.29 is 4.92 Å². The zero-order valence-electron chi connectivity index (χ0n) is 8.61. The van der Waals surface area contributed by atoms with Crippen molar-refractivity contribution in [2.45, 2.75) is 13.0 Å². The fourth-order valence-corrected chi connectivity index (χ4v) is 2.15. The highest BCUT2D eigenvalue weighted by molar-refractivity contribution is 9.10. The number of aliphatic imine (C=N–C) groups is 1. The molecule has 16 heavy (non-hydrogen) atoms. The third-order valence-electron chi connectivity index (χ3n) is 2.33. The van der Waals surface area contributed by atoms with Crippen molar-refractivity contribution in [3.8, 4) is 0 Å². The smallest absolute Gasteiger partial charge is 0.281 e. The lowest BCUT2D eigenvalue weighted by atomic mass is 10.1. The van der Waals surface area contributed by atoms with E-state index in [1.165, 1.54) is 6.07 Å². The molecular weight excluding hydrogens is 274 g/mol. The summed E-state index contributed by atoms with van der Waals surface area (Å²) >= 11 is 3.32. The van der Waals surface area contributed by atoms with E-state index in [4.69, 9.17) is 0 Å². The predicted octanol–water partition coefficient (Wildman–Crippen LogP) is 2.10. The molecule has 1 unspecified atom stereocenters. The molecule has 0 spiro atoms. The molecule has 0 saturated heterocycles. The lowest BCUT2D eigenvalue weighted by Gasteiger charge is -2.08. The number of halogens is 1. The van der Waals surface area contributed by atoms with Crippen LogP contribution >= 0.6 is 15.9 Å². The van der Waals surface area contributed by atoms with Crippen molar-refractivity contribution in [3.63, 3.8) is 0 Å². The van der Waals surface area contributed by atoms with Gasteiger partial charge in [-0.1, -0.05) is 6.07 Å². The summed E-state index contributed by atoms with van der Waals surface area (Å²) in [4.78, 5) is 14.8. The first kappa shape index (κ1) is 11.1. The maximum atomic E-state index is 10.9. The molecule has 6 heteroatoms. The van der Waals surface area contributed by atoms with Crippen LogP contribution in [-0.2, 0) is 0 Å². The van der Waals surface area contributed by atoms with Gasteiger partial charge in [0.25, 0.3) is 5.69 Å². The van der Waals surface area contributed by atoms with Crippen LogP contribution < -0.4 is 5.32 Å². The van der Waals surface area contributed by atoms with Gasteiger partial charge < -0.3 is 5.32 Å². The lowest BCUT2D eigenvalue weighted by Crippen LogP contribution is -2.28. The van der Waals surface area contributed by atoms with E-state index in [0.717, 1.165) is 0 Å². The number of nitro benzene ring substituents is 1. The van der Waals surface area contributed by atoms with Gasteiger partial charge in [0.15, 0.2) is 0 Å². The largest absolute Gasteiger partial charge is 0.365 e. The van der Waals surface area contributed by atoms with Gasteiger partial charge in [-0.05, 0) is 28.9 Å². The Hall–Kier alpha value is -1.43. The number of nitrogens with zero attached hydrogens (tertiary/aromatic N) is 2. The van der Waals surface area contributed by atoms with E-state index in [1.54, 1.807) is 12.1 Å². The lowest BCUT2D eigenvalue weighted by molar-refractivity contribution is -0.385. The van der Waals surface area contributed by atoms with Crippen LogP contribution in [0, 0.1) is 10.1 Å². The first-order valence-electron chi connectivity index (χ1n) is 4.84. The van der Waals surface area contributed by atoms with Crippen molar-refractivity contribution in [3.05, 3.63) is 38.3 Å². The van der Waals surface area contributed by atoms with Gasteiger partial charge in [0, 0.05) is 16.6 Å². The summed E-state index contributed by atoms with van der Waals surface area (Å²) in [5.74, 6) is 0.590. The van der Waals surface area contributed by atoms with Crippen molar-refractivity contribution in [1.82, 2.24) is 5.32 Å². The molecule has 1 aromatic carbocycles. The summed E-state index contributed by atoms with van der Waals surface area (Å²) in [6, 6.07) is 5.12. The van der Waals surface area contributed by atoms with Crippen LogP contribution in [0.3, 0.4) is 0 Å². The Bertz CT molecular complexity index is 473. The van der Waals surface area contributed by atoms with Crippen LogP contribution in [0.1, 0.15) is 12.5 Å². The van der Waals surface area contributed by atoms with E-state index in [0.29, 0.717) is 22.4 Å². The van der Waals surface area contributed by atoms with Crippen LogP contribution in [0.5, 0.6) is 0 Å². The van der Waals surface area contributed by atoms with Gasteiger partial charge in [0.1, 0.15) is 11.4 Å². The maximum Gasteiger partial charge on any atom is 0.281 e. The molecule has 1 atom stereocenters. The summed E-state index contributed by atoms with van der Waals surface area (Å²) in [5.41, 5.74) is 0.589. The fraction of sp³-hybridized carbons (Fsp3) is 0.300. The summed E-state index contributed by atoms with van der Waals surface area (Å²) < 4.78 is 0.682. The Morgan fingerprint density at radius 3 is 2.94 bits per heavy atom. The van der Waals surface area contributed by atoms with E-state index in [-0.39, 0.29) is 11.7 Å². The number of rotatable bonds is 2. The highest BCUT2D eigenvalue weighted by Crippen LogP contribution is 2.27. The molecule has 1 aliphatic rings. The molecule has 0 saturated carbocycles. The second-order valence-corrected chi connectivity index (χ2v) is 4.48. The van der Waals surface area contributed by atoms with E-state index in [9.17, 15) is 10.1 Å². The Morgan fingerprint density at radius 2 is 2.38 bits per heavy atom.